The quantitative estimate of drug-likeness (QED) is 0.762. The van der Waals surface area contributed by atoms with Gasteiger partial charge in [0.05, 0.1) is 4.88 Å². The van der Waals surface area contributed by atoms with Gasteiger partial charge in [-0.15, -0.1) is 11.3 Å². The number of hydrogen-bond acceptors (Lipinski definition) is 4. The van der Waals surface area contributed by atoms with Gasteiger partial charge < -0.3 is 4.90 Å². The van der Waals surface area contributed by atoms with E-state index in [1.807, 2.05) is 12.1 Å². The number of anilines is 1. The van der Waals surface area contributed by atoms with E-state index in [0.29, 0.717) is 0 Å². The minimum absolute atomic E-state index is 0.736. The highest BCUT2D eigenvalue weighted by molar-refractivity contribution is 7.20. The van der Waals surface area contributed by atoms with Gasteiger partial charge in [-0.05, 0) is 18.6 Å². The maximum absolute atomic E-state index is 10.8. The Kier molecular flexibility index (Phi) is 3.19. The number of fused-ring (bicyclic) bond motifs is 1. The Morgan fingerprint density at radius 3 is 3.06 bits per heavy atom. The van der Waals surface area contributed by atoms with Gasteiger partial charge in [0.15, 0.2) is 6.29 Å². The van der Waals surface area contributed by atoms with Crippen molar-refractivity contribution in [2.45, 2.75) is 13.3 Å². The minimum atomic E-state index is 0.736. The van der Waals surface area contributed by atoms with Crippen molar-refractivity contribution in [3.8, 4) is 0 Å². The maximum Gasteiger partial charge on any atom is 0.160 e. The monoisotopic (exact) mass is 234 g/mol. The molecular weight excluding hydrogens is 220 g/mol. The molecule has 0 fully saturated rings. The summed E-state index contributed by atoms with van der Waals surface area (Å²) < 4.78 is 0. The van der Waals surface area contributed by atoms with Crippen LogP contribution in [0.15, 0.2) is 18.3 Å². The Balaban J connectivity index is 2.51. The number of rotatable bonds is 4. The van der Waals surface area contributed by atoms with Crippen LogP contribution in [0.2, 0.25) is 0 Å². The molecule has 0 aromatic carbocycles. The Bertz CT molecular complexity index is 507. The average Bonchev–Trinajstić information content (AvgIpc) is 2.71. The second-order valence-corrected chi connectivity index (χ2v) is 4.80. The first-order valence-electron chi connectivity index (χ1n) is 5.31. The lowest BCUT2D eigenvalue weighted by atomic mass is 10.2. The van der Waals surface area contributed by atoms with Gasteiger partial charge in [0.2, 0.25) is 0 Å². The largest absolute Gasteiger partial charge is 0.374 e. The van der Waals surface area contributed by atoms with Crippen molar-refractivity contribution in [3.05, 3.63) is 23.2 Å². The summed E-state index contributed by atoms with van der Waals surface area (Å²) in [6, 6.07) is 3.92. The molecule has 0 aliphatic heterocycles. The highest BCUT2D eigenvalue weighted by Gasteiger charge is 2.09. The van der Waals surface area contributed by atoms with E-state index in [4.69, 9.17) is 0 Å². The predicted octanol–water partition coefficient (Wildman–Crippen LogP) is 2.96. The van der Waals surface area contributed by atoms with Crippen LogP contribution in [0.5, 0.6) is 0 Å². The average molecular weight is 234 g/mol. The van der Waals surface area contributed by atoms with Gasteiger partial charge in [-0.25, -0.2) is 4.98 Å². The maximum atomic E-state index is 10.8. The molecule has 0 amide bonds. The van der Waals surface area contributed by atoms with E-state index in [9.17, 15) is 4.79 Å². The van der Waals surface area contributed by atoms with Crippen molar-refractivity contribution in [2.75, 3.05) is 18.5 Å². The third kappa shape index (κ3) is 1.93. The van der Waals surface area contributed by atoms with E-state index in [1.165, 1.54) is 11.3 Å². The molecule has 2 rings (SSSR count). The highest BCUT2D eigenvalue weighted by Crippen LogP contribution is 2.30. The summed E-state index contributed by atoms with van der Waals surface area (Å²) in [5.41, 5.74) is 1.15. The number of thiophene rings is 1. The summed E-state index contributed by atoms with van der Waals surface area (Å²) in [6.07, 6.45) is 3.79. The van der Waals surface area contributed by atoms with Crippen molar-refractivity contribution < 1.29 is 4.79 Å². The predicted molar refractivity (Wildman–Crippen MR) is 68.6 cm³/mol. The van der Waals surface area contributed by atoms with Crippen LogP contribution in [0.1, 0.15) is 23.0 Å². The second kappa shape index (κ2) is 4.61. The zero-order valence-electron chi connectivity index (χ0n) is 9.43. The Morgan fingerprint density at radius 2 is 2.38 bits per heavy atom. The van der Waals surface area contributed by atoms with E-state index >= 15 is 0 Å². The summed E-state index contributed by atoms with van der Waals surface area (Å²) in [6.45, 7) is 3.16. The first kappa shape index (κ1) is 11.1. The third-order valence-electron chi connectivity index (χ3n) is 2.52. The van der Waals surface area contributed by atoms with Gasteiger partial charge in [-0.2, -0.15) is 0 Å². The first-order chi connectivity index (χ1) is 7.76. The topological polar surface area (TPSA) is 33.2 Å². The van der Waals surface area contributed by atoms with Crippen LogP contribution in [-0.2, 0) is 0 Å². The van der Waals surface area contributed by atoms with Gasteiger partial charge in [0.25, 0.3) is 0 Å². The fourth-order valence-electron chi connectivity index (χ4n) is 1.79. The van der Waals surface area contributed by atoms with Gasteiger partial charge >= 0.3 is 0 Å². The van der Waals surface area contributed by atoms with Crippen LogP contribution in [0, 0.1) is 0 Å². The molecule has 0 bridgehead atoms. The van der Waals surface area contributed by atoms with Gasteiger partial charge in [0, 0.05) is 30.9 Å². The number of hydrogen-bond donors (Lipinski definition) is 0. The second-order valence-electron chi connectivity index (χ2n) is 3.74. The van der Waals surface area contributed by atoms with Crippen molar-refractivity contribution >= 4 is 33.5 Å². The molecule has 84 valence electrons. The van der Waals surface area contributed by atoms with Crippen LogP contribution in [0.4, 0.5) is 5.69 Å². The Labute approximate surface area is 98.7 Å². The molecule has 0 spiro atoms. The lowest BCUT2D eigenvalue weighted by Gasteiger charge is -2.18. The van der Waals surface area contributed by atoms with E-state index in [1.54, 1.807) is 6.20 Å². The lowest BCUT2D eigenvalue weighted by molar-refractivity contribution is 0.112. The fourth-order valence-corrected chi connectivity index (χ4v) is 2.63. The molecule has 0 aliphatic carbocycles. The van der Waals surface area contributed by atoms with E-state index in [0.717, 1.165) is 40.0 Å². The molecule has 0 saturated heterocycles. The molecule has 2 heterocycles. The summed E-state index contributed by atoms with van der Waals surface area (Å²) in [5, 5.41) is 1.07. The summed E-state index contributed by atoms with van der Waals surface area (Å²) in [7, 11) is 2.07. The molecular formula is C12H14N2OS. The molecule has 0 radical (unpaired) electrons. The van der Waals surface area contributed by atoms with Crippen molar-refractivity contribution in [1.82, 2.24) is 4.98 Å². The zero-order valence-corrected chi connectivity index (χ0v) is 10.3. The van der Waals surface area contributed by atoms with E-state index in [2.05, 4.69) is 23.9 Å². The molecule has 3 nitrogen and oxygen atoms in total. The van der Waals surface area contributed by atoms with E-state index < -0.39 is 0 Å². The van der Waals surface area contributed by atoms with Crippen LogP contribution < -0.4 is 4.90 Å². The number of aldehydes is 1. The standard InChI is InChI=1S/C12H14N2OS/c1-3-6-14(2)11-4-5-13-12-10(11)7-9(8-15)16-12/h4-5,7-8H,3,6H2,1-2H3. The molecule has 0 aliphatic rings. The molecule has 0 saturated carbocycles. The van der Waals surface area contributed by atoms with Crippen molar-refractivity contribution in [1.29, 1.82) is 0 Å². The molecule has 0 N–H and O–H groups in total. The minimum Gasteiger partial charge on any atom is -0.374 e. The van der Waals surface area contributed by atoms with E-state index in [-0.39, 0.29) is 0 Å². The Hall–Kier alpha value is -1.42. The molecule has 0 unspecified atom stereocenters. The summed E-state index contributed by atoms with van der Waals surface area (Å²) in [4.78, 5) is 18.9. The molecule has 16 heavy (non-hydrogen) atoms. The van der Waals surface area contributed by atoms with Gasteiger partial charge in [-0.3, -0.25) is 4.79 Å². The van der Waals surface area contributed by atoms with Crippen molar-refractivity contribution in [3.63, 3.8) is 0 Å². The first-order valence-corrected chi connectivity index (χ1v) is 6.12. The van der Waals surface area contributed by atoms with Crippen LogP contribution in [0.3, 0.4) is 0 Å². The number of carbonyl (C=O) groups is 1. The van der Waals surface area contributed by atoms with Crippen molar-refractivity contribution in [2.24, 2.45) is 0 Å². The zero-order chi connectivity index (χ0) is 11.5. The molecule has 2 aromatic heterocycles. The normalized spacial score (nSPS) is 10.6. The van der Waals surface area contributed by atoms with Crippen LogP contribution in [-0.4, -0.2) is 24.9 Å². The molecule has 0 atom stereocenters. The van der Waals surface area contributed by atoms with Crippen LogP contribution in [0.25, 0.3) is 10.2 Å². The van der Waals surface area contributed by atoms with Crippen LogP contribution >= 0.6 is 11.3 Å². The summed E-state index contributed by atoms with van der Waals surface area (Å²) >= 11 is 1.44. The molecule has 2 aromatic rings. The number of carbonyl (C=O) groups excluding carboxylic acids is 1. The fraction of sp³-hybridized carbons (Fsp3) is 0.333. The highest BCUT2D eigenvalue weighted by atomic mass is 32.1. The third-order valence-corrected chi connectivity index (χ3v) is 3.49. The van der Waals surface area contributed by atoms with Gasteiger partial charge in [-0.1, -0.05) is 6.92 Å². The Morgan fingerprint density at radius 1 is 1.56 bits per heavy atom. The smallest absolute Gasteiger partial charge is 0.160 e. The SMILES string of the molecule is CCCN(C)c1ccnc2sc(C=O)cc12. The number of aromatic nitrogens is 1. The summed E-state index contributed by atoms with van der Waals surface area (Å²) in [5.74, 6) is 0. The number of pyridine rings is 1. The number of nitrogens with zero attached hydrogens (tertiary/aromatic N) is 2. The molecule has 4 heteroatoms. The lowest BCUT2D eigenvalue weighted by Crippen LogP contribution is -2.17. The van der Waals surface area contributed by atoms with Gasteiger partial charge in [0.1, 0.15) is 4.83 Å².